The lowest BCUT2D eigenvalue weighted by atomic mass is 10.1. The van der Waals surface area contributed by atoms with Gasteiger partial charge in [-0.2, -0.15) is 13.2 Å². The minimum absolute atomic E-state index is 0.0140. The fourth-order valence-corrected chi connectivity index (χ4v) is 4.34. The summed E-state index contributed by atoms with van der Waals surface area (Å²) in [5.41, 5.74) is 1.24. The lowest BCUT2D eigenvalue weighted by Gasteiger charge is -2.34. The Bertz CT molecular complexity index is 1340. The van der Waals surface area contributed by atoms with E-state index >= 15 is 0 Å². The quantitative estimate of drug-likeness (QED) is 0.354. The molecule has 9 heteroatoms. The Morgan fingerprint density at radius 3 is 2.35 bits per heavy atom. The van der Waals surface area contributed by atoms with Crippen molar-refractivity contribution in [3.05, 3.63) is 94.3 Å². The number of hydrogen-bond donors (Lipinski definition) is 1. The molecule has 1 aliphatic rings. The van der Waals surface area contributed by atoms with Gasteiger partial charge in [0, 0.05) is 49.2 Å². The molecule has 2 heterocycles. The molecule has 1 fully saturated rings. The van der Waals surface area contributed by atoms with Crippen molar-refractivity contribution in [2.75, 3.05) is 43.4 Å². The second-order valence-corrected chi connectivity index (χ2v) is 9.06. The molecule has 1 N–H and O–H groups in total. The zero-order valence-electron chi connectivity index (χ0n) is 20.9. The molecule has 2 aromatic carbocycles. The van der Waals surface area contributed by atoms with Gasteiger partial charge in [-0.1, -0.05) is 30.9 Å². The zero-order valence-corrected chi connectivity index (χ0v) is 20.9. The van der Waals surface area contributed by atoms with Crippen LogP contribution in [0.3, 0.4) is 0 Å². The second-order valence-electron chi connectivity index (χ2n) is 9.06. The van der Waals surface area contributed by atoms with Gasteiger partial charge in [0.1, 0.15) is 11.7 Å². The van der Waals surface area contributed by atoms with Crippen LogP contribution in [0.15, 0.2) is 77.0 Å². The van der Waals surface area contributed by atoms with E-state index in [2.05, 4.69) is 33.7 Å². The average Bonchev–Trinajstić information content (AvgIpc) is 2.87. The number of pyridine rings is 1. The first-order valence-corrected chi connectivity index (χ1v) is 12.0. The summed E-state index contributed by atoms with van der Waals surface area (Å²) in [4.78, 5) is 22.0. The van der Waals surface area contributed by atoms with Crippen LogP contribution in [0.5, 0.6) is 0 Å². The van der Waals surface area contributed by atoms with E-state index in [4.69, 9.17) is 0 Å². The normalized spacial score (nSPS) is 15.1. The van der Waals surface area contributed by atoms with Gasteiger partial charge in [-0.05, 0) is 55.9 Å². The minimum atomic E-state index is -4.53. The molecule has 3 aromatic rings. The first-order valence-electron chi connectivity index (χ1n) is 12.0. The fourth-order valence-electron chi connectivity index (χ4n) is 4.34. The van der Waals surface area contributed by atoms with E-state index in [0.29, 0.717) is 11.4 Å². The summed E-state index contributed by atoms with van der Waals surface area (Å²) in [6, 6.07) is 16.1. The van der Waals surface area contributed by atoms with Gasteiger partial charge in [-0.25, -0.2) is 4.99 Å². The molecule has 0 atom stereocenters. The molecule has 0 radical (unpaired) electrons. The molecule has 0 bridgehead atoms. The molecule has 6 nitrogen and oxygen atoms in total. The molecular formula is C28H30F3N5O. The van der Waals surface area contributed by atoms with E-state index in [-0.39, 0.29) is 17.9 Å². The number of likely N-dealkylation sites (N-methyl/N-ethyl adjacent to an activating group) is 1. The van der Waals surface area contributed by atoms with Gasteiger partial charge in [0.2, 0.25) is 0 Å². The molecule has 1 aromatic heterocycles. The predicted molar refractivity (Wildman–Crippen MR) is 144 cm³/mol. The highest BCUT2D eigenvalue weighted by Crippen LogP contribution is 2.33. The number of nitrogens with zero attached hydrogens (tertiary/aromatic N) is 4. The van der Waals surface area contributed by atoms with Gasteiger partial charge in [0.25, 0.3) is 5.56 Å². The van der Waals surface area contributed by atoms with Crippen molar-refractivity contribution in [3.63, 3.8) is 0 Å². The highest BCUT2D eigenvalue weighted by atomic mass is 19.4. The molecule has 0 saturated carbocycles. The Morgan fingerprint density at radius 1 is 1.03 bits per heavy atom. The van der Waals surface area contributed by atoms with Crippen molar-refractivity contribution < 1.29 is 13.2 Å². The third-order valence-corrected chi connectivity index (χ3v) is 6.39. The molecule has 0 aliphatic carbocycles. The lowest BCUT2D eigenvalue weighted by molar-refractivity contribution is -0.138. The highest BCUT2D eigenvalue weighted by molar-refractivity contribution is 5.95. The summed E-state index contributed by atoms with van der Waals surface area (Å²) >= 11 is 0. The maximum Gasteiger partial charge on any atom is 0.416 e. The van der Waals surface area contributed by atoms with E-state index in [0.717, 1.165) is 43.6 Å². The van der Waals surface area contributed by atoms with Crippen molar-refractivity contribution in [2.24, 2.45) is 4.99 Å². The number of aromatic nitrogens is 1. The Balaban J connectivity index is 1.61. The summed E-state index contributed by atoms with van der Waals surface area (Å²) in [6.07, 6.45) is -3.00. The molecule has 1 aliphatic heterocycles. The van der Waals surface area contributed by atoms with E-state index in [1.165, 1.54) is 34.9 Å². The van der Waals surface area contributed by atoms with Gasteiger partial charge in [-0.15, -0.1) is 0 Å². The summed E-state index contributed by atoms with van der Waals surface area (Å²) in [5.74, 6) is 0.720. The van der Waals surface area contributed by atoms with Crippen LogP contribution in [-0.2, 0) is 12.7 Å². The molecule has 194 valence electrons. The minimum Gasteiger partial charge on any atom is -0.369 e. The van der Waals surface area contributed by atoms with E-state index < -0.39 is 17.3 Å². The number of alkyl halides is 3. The SMILES string of the molecule is C=Cc1ccc(=O)n(Cc2ccccc2C(F)(F)F)c1N=C(C)Nc1ccc(N2CCN(C)CC2)cc1. The maximum absolute atomic E-state index is 13.6. The number of benzene rings is 2. The van der Waals surface area contributed by atoms with E-state index in [1.807, 2.05) is 24.3 Å². The largest absolute Gasteiger partial charge is 0.416 e. The molecule has 0 spiro atoms. The van der Waals surface area contributed by atoms with E-state index in [1.54, 1.807) is 13.0 Å². The van der Waals surface area contributed by atoms with Crippen LogP contribution in [0, 0.1) is 0 Å². The van der Waals surface area contributed by atoms with Crippen LogP contribution >= 0.6 is 0 Å². The van der Waals surface area contributed by atoms with Crippen molar-refractivity contribution in [1.29, 1.82) is 0 Å². The molecular weight excluding hydrogens is 479 g/mol. The van der Waals surface area contributed by atoms with Crippen LogP contribution in [0.2, 0.25) is 0 Å². The standard InChI is InChI=1S/C28H30F3N5O/c1-4-21-9-14-26(37)36(19-22-7-5-6-8-25(22)28(29,30)31)27(21)33-20(2)32-23-10-12-24(13-11-23)35-17-15-34(3)16-18-35/h4-14H,1,15-19H2,2-3H3,(H,32,33). The van der Waals surface area contributed by atoms with Gasteiger partial charge in [-0.3, -0.25) is 9.36 Å². The van der Waals surface area contributed by atoms with Crippen LogP contribution in [0.1, 0.15) is 23.6 Å². The van der Waals surface area contributed by atoms with Crippen molar-refractivity contribution in [3.8, 4) is 0 Å². The van der Waals surface area contributed by atoms with Crippen LogP contribution in [0.4, 0.5) is 30.4 Å². The Morgan fingerprint density at radius 2 is 1.70 bits per heavy atom. The number of hydrogen-bond acceptors (Lipinski definition) is 4. The van der Waals surface area contributed by atoms with Crippen molar-refractivity contribution in [1.82, 2.24) is 9.47 Å². The third-order valence-electron chi connectivity index (χ3n) is 6.39. The third kappa shape index (κ3) is 6.29. The number of rotatable bonds is 6. The Hall–Kier alpha value is -3.85. The van der Waals surface area contributed by atoms with Gasteiger partial charge in [0.15, 0.2) is 0 Å². The summed E-state index contributed by atoms with van der Waals surface area (Å²) in [6.45, 7) is 9.22. The van der Waals surface area contributed by atoms with Gasteiger partial charge >= 0.3 is 6.18 Å². The number of halogens is 3. The molecule has 4 rings (SSSR count). The second kappa shape index (κ2) is 11.0. The molecule has 37 heavy (non-hydrogen) atoms. The number of amidine groups is 1. The lowest BCUT2D eigenvalue weighted by Crippen LogP contribution is -2.44. The molecule has 1 saturated heterocycles. The summed E-state index contributed by atoms with van der Waals surface area (Å²) in [5, 5.41) is 3.22. The number of nitrogens with one attached hydrogen (secondary N) is 1. The number of anilines is 2. The van der Waals surface area contributed by atoms with Crippen LogP contribution in [0.25, 0.3) is 6.08 Å². The smallest absolute Gasteiger partial charge is 0.369 e. The molecule has 0 unspecified atom stereocenters. The fraction of sp³-hybridized carbons (Fsp3) is 0.286. The van der Waals surface area contributed by atoms with Gasteiger partial charge < -0.3 is 15.1 Å². The molecule has 0 amide bonds. The monoisotopic (exact) mass is 509 g/mol. The topological polar surface area (TPSA) is 52.9 Å². The van der Waals surface area contributed by atoms with Crippen LogP contribution < -0.4 is 15.8 Å². The first-order chi connectivity index (χ1) is 17.7. The maximum atomic E-state index is 13.6. The summed E-state index contributed by atoms with van der Waals surface area (Å²) in [7, 11) is 2.12. The summed E-state index contributed by atoms with van der Waals surface area (Å²) < 4.78 is 41.9. The van der Waals surface area contributed by atoms with E-state index in [9.17, 15) is 18.0 Å². The van der Waals surface area contributed by atoms with Gasteiger partial charge in [0.05, 0.1) is 12.1 Å². The van der Waals surface area contributed by atoms with Crippen molar-refractivity contribution >= 4 is 29.1 Å². The first kappa shape index (κ1) is 26.2. The predicted octanol–water partition coefficient (Wildman–Crippen LogP) is 5.47. The zero-order chi connectivity index (χ0) is 26.6. The number of piperazine rings is 1. The van der Waals surface area contributed by atoms with Crippen molar-refractivity contribution in [2.45, 2.75) is 19.6 Å². The number of aliphatic imine (C=N–C) groups is 1. The average molecular weight is 510 g/mol. The highest BCUT2D eigenvalue weighted by Gasteiger charge is 2.33. The Kier molecular flexibility index (Phi) is 7.83. The Labute approximate surface area is 214 Å². The van der Waals surface area contributed by atoms with Crippen LogP contribution in [-0.4, -0.2) is 48.5 Å².